The zero-order valence-electron chi connectivity index (χ0n) is 11.0. The Hall–Kier alpha value is -1.000. The third kappa shape index (κ3) is 5.04. The van der Waals surface area contributed by atoms with Gasteiger partial charge < -0.3 is 10.6 Å². The van der Waals surface area contributed by atoms with Crippen molar-refractivity contribution >= 4 is 57.8 Å². The van der Waals surface area contributed by atoms with E-state index in [1.54, 1.807) is 12.1 Å². The first-order valence-corrected chi connectivity index (χ1v) is 7.84. The minimum absolute atomic E-state index is 0.487. The second-order valence-electron chi connectivity index (χ2n) is 4.35. The van der Waals surface area contributed by atoms with Gasteiger partial charge in [0, 0.05) is 17.3 Å². The molecule has 0 aliphatic heterocycles. The van der Waals surface area contributed by atoms with Crippen molar-refractivity contribution in [3.63, 3.8) is 0 Å². The van der Waals surface area contributed by atoms with Crippen molar-refractivity contribution in [2.75, 3.05) is 11.9 Å². The Morgan fingerprint density at radius 2 is 1.71 bits per heavy atom. The lowest BCUT2D eigenvalue weighted by Gasteiger charge is -2.11. The van der Waals surface area contributed by atoms with Crippen molar-refractivity contribution in [3.8, 4) is 0 Å². The number of hydrogen-bond donors (Lipinski definition) is 2. The predicted octanol–water partition coefficient (Wildman–Crippen LogP) is 5.18. The summed E-state index contributed by atoms with van der Waals surface area (Å²) in [5.41, 5.74) is 1.88. The van der Waals surface area contributed by atoms with Gasteiger partial charge in [-0.15, -0.1) is 0 Å². The molecule has 0 aromatic heterocycles. The first-order valence-electron chi connectivity index (χ1n) is 6.29. The van der Waals surface area contributed by atoms with Crippen LogP contribution in [-0.2, 0) is 6.42 Å². The summed E-state index contributed by atoms with van der Waals surface area (Å²) in [5.74, 6) is 0. The van der Waals surface area contributed by atoms with Crippen LogP contribution in [0.25, 0.3) is 0 Å². The molecule has 0 atom stereocenters. The molecular formula is C15H13Cl3N2S. The average molecular weight is 360 g/mol. The Morgan fingerprint density at radius 1 is 0.952 bits per heavy atom. The molecule has 0 bridgehead atoms. The van der Waals surface area contributed by atoms with Crippen LogP contribution in [0.4, 0.5) is 5.69 Å². The maximum absolute atomic E-state index is 6.10. The van der Waals surface area contributed by atoms with E-state index >= 15 is 0 Å². The summed E-state index contributed by atoms with van der Waals surface area (Å²) in [4.78, 5) is 0. The van der Waals surface area contributed by atoms with Crippen LogP contribution < -0.4 is 10.6 Å². The second kappa shape index (κ2) is 7.85. The van der Waals surface area contributed by atoms with Gasteiger partial charge in [0.2, 0.25) is 0 Å². The Kier molecular flexibility index (Phi) is 6.12. The molecule has 21 heavy (non-hydrogen) atoms. The smallest absolute Gasteiger partial charge is 0.170 e. The highest BCUT2D eigenvalue weighted by atomic mass is 35.5. The number of rotatable bonds is 4. The number of nitrogens with one attached hydrogen (secondary N) is 2. The standard InChI is InChI=1S/C15H13Cl3N2S/c16-12-4-2-1-3-10(12)7-8-19-15(21)20-11-5-6-13(17)14(18)9-11/h1-6,9H,7-8H2,(H2,19,20,21). The summed E-state index contributed by atoms with van der Waals surface area (Å²) < 4.78 is 0. The molecule has 2 N–H and O–H groups in total. The SMILES string of the molecule is S=C(NCCc1ccccc1Cl)Nc1ccc(Cl)c(Cl)c1. The largest absolute Gasteiger partial charge is 0.362 e. The predicted molar refractivity (Wildman–Crippen MR) is 95.8 cm³/mol. The van der Waals surface area contributed by atoms with Crippen LogP contribution in [0, 0.1) is 0 Å². The third-order valence-corrected chi connectivity index (χ3v) is 4.17. The molecule has 6 heteroatoms. The maximum atomic E-state index is 6.10. The molecule has 0 saturated carbocycles. The van der Waals surface area contributed by atoms with E-state index in [1.165, 1.54) is 0 Å². The molecule has 0 radical (unpaired) electrons. The molecule has 2 aromatic carbocycles. The van der Waals surface area contributed by atoms with E-state index in [4.69, 9.17) is 47.0 Å². The van der Waals surface area contributed by atoms with Gasteiger partial charge in [-0.1, -0.05) is 53.0 Å². The van der Waals surface area contributed by atoms with Crippen LogP contribution in [0.2, 0.25) is 15.1 Å². The van der Waals surface area contributed by atoms with Gasteiger partial charge in [-0.25, -0.2) is 0 Å². The fourth-order valence-electron chi connectivity index (χ4n) is 1.76. The van der Waals surface area contributed by atoms with Gasteiger partial charge in [0.15, 0.2) is 5.11 Å². The second-order valence-corrected chi connectivity index (χ2v) is 5.98. The first kappa shape index (κ1) is 16.4. The molecule has 2 rings (SSSR count). The van der Waals surface area contributed by atoms with Gasteiger partial charge in [0.05, 0.1) is 10.0 Å². The van der Waals surface area contributed by atoms with Gasteiger partial charge in [-0.3, -0.25) is 0 Å². The normalized spacial score (nSPS) is 10.2. The maximum Gasteiger partial charge on any atom is 0.170 e. The van der Waals surface area contributed by atoms with Crippen LogP contribution in [0.3, 0.4) is 0 Å². The zero-order chi connectivity index (χ0) is 15.2. The topological polar surface area (TPSA) is 24.1 Å². The van der Waals surface area contributed by atoms with Crippen molar-refractivity contribution in [2.24, 2.45) is 0 Å². The summed E-state index contributed by atoms with van der Waals surface area (Å²) in [7, 11) is 0. The molecule has 2 aromatic rings. The highest BCUT2D eigenvalue weighted by Crippen LogP contribution is 2.24. The lowest BCUT2D eigenvalue weighted by Crippen LogP contribution is -2.30. The minimum atomic E-state index is 0.487. The number of benzene rings is 2. The number of anilines is 1. The third-order valence-electron chi connectivity index (χ3n) is 2.82. The van der Waals surface area contributed by atoms with E-state index in [-0.39, 0.29) is 0 Å². The Balaban J connectivity index is 1.82. The molecular weight excluding hydrogens is 347 g/mol. The summed E-state index contributed by atoms with van der Waals surface area (Å²) in [5, 5.41) is 8.48. The van der Waals surface area contributed by atoms with Crippen LogP contribution in [-0.4, -0.2) is 11.7 Å². The van der Waals surface area contributed by atoms with E-state index < -0.39 is 0 Å². The monoisotopic (exact) mass is 358 g/mol. The van der Waals surface area contributed by atoms with Gasteiger partial charge >= 0.3 is 0 Å². The summed E-state index contributed by atoms with van der Waals surface area (Å²) >= 11 is 23.1. The average Bonchev–Trinajstić information content (AvgIpc) is 2.45. The van der Waals surface area contributed by atoms with Crippen LogP contribution in [0.5, 0.6) is 0 Å². The van der Waals surface area contributed by atoms with Crippen LogP contribution in [0.1, 0.15) is 5.56 Å². The van der Waals surface area contributed by atoms with E-state index in [1.807, 2.05) is 30.3 Å². The van der Waals surface area contributed by atoms with Crippen molar-refractivity contribution < 1.29 is 0 Å². The first-order chi connectivity index (χ1) is 10.1. The van der Waals surface area contributed by atoms with Crippen molar-refractivity contribution in [2.45, 2.75) is 6.42 Å². The van der Waals surface area contributed by atoms with Gasteiger partial charge in [-0.2, -0.15) is 0 Å². The van der Waals surface area contributed by atoms with Crippen molar-refractivity contribution in [3.05, 3.63) is 63.1 Å². The molecule has 110 valence electrons. The van der Waals surface area contributed by atoms with Crippen molar-refractivity contribution in [1.29, 1.82) is 0 Å². The lowest BCUT2D eigenvalue weighted by atomic mass is 10.1. The molecule has 0 unspecified atom stereocenters. The molecule has 2 nitrogen and oxygen atoms in total. The fraction of sp³-hybridized carbons (Fsp3) is 0.133. The van der Waals surface area contributed by atoms with E-state index in [0.29, 0.717) is 21.7 Å². The molecule has 0 amide bonds. The Labute approximate surface area is 144 Å². The lowest BCUT2D eigenvalue weighted by molar-refractivity contribution is 0.873. The van der Waals surface area contributed by atoms with Gasteiger partial charge in [0.1, 0.15) is 0 Å². The molecule has 0 spiro atoms. The molecule has 0 aliphatic rings. The number of halogens is 3. The van der Waals surface area contributed by atoms with Gasteiger partial charge in [0.25, 0.3) is 0 Å². The molecule has 0 saturated heterocycles. The number of hydrogen-bond acceptors (Lipinski definition) is 1. The van der Waals surface area contributed by atoms with E-state index in [2.05, 4.69) is 10.6 Å². The Bertz CT molecular complexity index is 647. The van der Waals surface area contributed by atoms with E-state index in [0.717, 1.165) is 22.7 Å². The quantitative estimate of drug-likeness (QED) is 0.736. The Morgan fingerprint density at radius 3 is 2.43 bits per heavy atom. The van der Waals surface area contributed by atoms with Crippen LogP contribution >= 0.6 is 47.0 Å². The van der Waals surface area contributed by atoms with E-state index in [9.17, 15) is 0 Å². The van der Waals surface area contributed by atoms with Crippen LogP contribution in [0.15, 0.2) is 42.5 Å². The number of thiocarbonyl (C=S) groups is 1. The highest BCUT2D eigenvalue weighted by Gasteiger charge is 2.02. The molecule has 0 aliphatic carbocycles. The summed E-state index contributed by atoms with van der Waals surface area (Å²) in [6.07, 6.45) is 0.795. The molecule has 0 fully saturated rings. The molecule has 0 heterocycles. The summed E-state index contributed by atoms with van der Waals surface area (Å²) in [6, 6.07) is 13.0. The minimum Gasteiger partial charge on any atom is -0.362 e. The zero-order valence-corrected chi connectivity index (χ0v) is 14.1. The highest BCUT2D eigenvalue weighted by molar-refractivity contribution is 7.80. The van der Waals surface area contributed by atoms with Crippen molar-refractivity contribution in [1.82, 2.24) is 5.32 Å². The van der Waals surface area contributed by atoms with Gasteiger partial charge in [-0.05, 0) is 48.5 Å². The fourth-order valence-corrected chi connectivity index (χ4v) is 2.51. The summed E-state index contributed by atoms with van der Waals surface area (Å²) in [6.45, 7) is 0.691.